The van der Waals surface area contributed by atoms with Crippen LogP contribution in [-0.4, -0.2) is 9.97 Å². The number of rotatable bonds is 6. The second-order valence-corrected chi connectivity index (χ2v) is 13.9. The normalized spacial score (nSPS) is 11.4. The van der Waals surface area contributed by atoms with Crippen molar-refractivity contribution >= 4 is 38.4 Å². The zero-order valence-electron chi connectivity index (χ0n) is 29.5. The monoisotopic (exact) mass is 676 g/mol. The summed E-state index contributed by atoms with van der Waals surface area (Å²) in [5, 5.41) is 2.30. The molecule has 0 N–H and O–H groups in total. The van der Waals surface area contributed by atoms with Gasteiger partial charge in [0, 0.05) is 26.8 Å². The van der Waals surface area contributed by atoms with E-state index in [1.165, 1.54) is 53.9 Å². The standard InChI is InChI=1S/C40H30N2S.C8H10/c1-3-4-7-19-34-27(2)43-39-35(34)24-25-36-37(30-15-10-6-11-16-30)41-40(42-38(36)39)31-22-20-29(21-23-31)33-18-12-17-32(26-33)28-13-8-5-9-14-28;1-7-5-3-4-6-8(7)2/h3-26H,1-2H3;3-6H,1-2H3/b4-3-,19-7-;. The Morgan fingerprint density at radius 1 is 0.490 bits per heavy atom. The third kappa shape index (κ3) is 7.35. The molecule has 6 aromatic carbocycles. The first-order valence-electron chi connectivity index (χ1n) is 17.4. The fourth-order valence-corrected chi connectivity index (χ4v) is 7.42. The fraction of sp³-hybridized carbons (Fsp3) is 0.0833. The van der Waals surface area contributed by atoms with Crippen molar-refractivity contribution in [2.45, 2.75) is 27.7 Å². The second-order valence-electron chi connectivity index (χ2n) is 12.7. The van der Waals surface area contributed by atoms with E-state index >= 15 is 0 Å². The molecule has 248 valence electrons. The van der Waals surface area contributed by atoms with Crippen molar-refractivity contribution in [2.24, 2.45) is 0 Å². The van der Waals surface area contributed by atoms with Crippen molar-refractivity contribution in [3.05, 3.63) is 185 Å². The van der Waals surface area contributed by atoms with Gasteiger partial charge in [-0.3, -0.25) is 0 Å². The molecule has 0 saturated carbocycles. The average molecular weight is 677 g/mol. The van der Waals surface area contributed by atoms with Crippen LogP contribution in [0.5, 0.6) is 0 Å². The van der Waals surface area contributed by atoms with E-state index in [1.807, 2.05) is 30.4 Å². The van der Waals surface area contributed by atoms with Crippen LogP contribution in [0.15, 0.2) is 164 Å². The van der Waals surface area contributed by atoms with Gasteiger partial charge in [-0.15, -0.1) is 11.3 Å². The quantitative estimate of drug-likeness (QED) is 0.164. The second kappa shape index (κ2) is 15.3. The summed E-state index contributed by atoms with van der Waals surface area (Å²) in [6.45, 7) is 8.47. The van der Waals surface area contributed by atoms with Gasteiger partial charge in [-0.2, -0.15) is 0 Å². The Hall–Kier alpha value is -5.90. The number of thiophene rings is 1. The number of aryl methyl sites for hydroxylation is 3. The Kier molecular flexibility index (Phi) is 10.1. The van der Waals surface area contributed by atoms with Crippen LogP contribution in [0, 0.1) is 20.8 Å². The molecule has 0 fully saturated rings. The predicted molar refractivity (Wildman–Crippen MR) is 221 cm³/mol. The lowest BCUT2D eigenvalue weighted by Gasteiger charge is -2.11. The minimum atomic E-state index is 0.737. The van der Waals surface area contributed by atoms with Crippen LogP contribution in [0.2, 0.25) is 0 Å². The van der Waals surface area contributed by atoms with Gasteiger partial charge < -0.3 is 0 Å². The van der Waals surface area contributed by atoms with Gasteiger partial charge >= 0.3 is 0 Å². The number of fused-ring (bicyclic) bond motifs is 3. The first-order chi connectivity index (χ1) is 25.0. The van der Waals surface area contributed by atoms with E-state index in [9.17, 15) is 0 Å². The smallest absolute Gasteiger partial charge is 0.160 e. The van der Waals surface area contributed by atoms with Crippen molar-refractivity contribution in [1.29, 1.82) is 0 Å². The molecule has 51 heavy (non-hydrogen) atoms. The molecule has 2 heterocycles. The summed E-state index contributed by atoms with van der Waals surface area (Å²) in [4.78, 5) is 11.7. The molecule has 0 atom stereocenters. The molecule has 3 heteroatoms. The zero-order valence-corrected chi connectivity index (χ0v) is 30.3. The largest absolute Gasteiger partial charge is 0.227 e. The van der Waals surface area contributed by atoms with Gasteiger partial charge in [0.25, 0.3) is 0 Å². The number of benzene rings is 6. The first-order valence-corrected chi connectivity index (χ1v) is 18.2. The Labute approximate surface area is 305 Å². The predicted octanol–water partition coefficient (Wildman–Crippen LogP) is 13.7. The first kappa shape index (κ1) is 33.6. The van der Waals surface area contributed by atoms with Gasteiger partial charge in [0.1, 0.15) is 0 Å². The summed E-state index contributed by atoms with van der Waals surface area (Å²) in [5.41, 5.74) is 12.8. The maximum absolute atomic E-state index is 5.23. The molecule has 0 unspecified atom stereocenters. The van der Waals surface area contributed by atoms with E-state index in [2.05, 4.69) is 179 Å². The maximum atomic E-state index is 5.23. The van der Waals surface area contributed by atoms with Crippen LogP contribution in [-0.2, 0) is 0 Å². The number of allylic oxidation sites excluding steroid dienone is 3. The van der Waals surface area contributed by atoms with Crippen LogP contribution >= 0.6 is 11.3 Å². The number of hydrogen-bond acceptors (Lipinski definition) is 3. The van der Waals surface area contributed by atoms with Crippen molar-refractivity contribution in [3.8, 4) is 44.9 Å². The number of aromatic nitrogens is 2. The molecule has 0 saturated heterocycles. The summed E-state index contributed by atoms with van der Waals surface area (Å²) in [6, 6.07) is 51.1. The number of nitrogens with zero attached hydrogens (tertiary/aromatic N) is 2. The highest BCUT2D eigenvalue weighted by Gasteiger charge is 2.17. The van der Waals surface area contributed by atoms with Gasteiger partial charge in [0.05, 0.1) is 15.9 Å². The summed E-state index contributed by atoms with van der Waals surface area (Å²) < 4.78 is 1.20. The molecular weight excluding hydrogens is 637 g/mol. The van der Waals surface area contributed by atoms with Gasteiger partial charge in [0.15, 0.2) is 5.82 Å². The van der Waals surface area contributed by atoms with Crippen molar-refractivity contribution < 1.29 is 0 Å². The molecule has 0 aliphatic carbocycles. The summed E-state index contributed by atoms with van der Waals surface area (Å²) in [7, 11) is 0. The lowest BCUT2D eigenvalue weighted by Crippen LogP contribution is -1.95. The van der Waals surface area contributed by atoms with Gasteiger partial charge in [-0.05, 0) is 78.8 Å². The molecule has 0 aliphatic rings. The van der Waals surface area contributed by atoms with E-state index in [4.69, 9.17) is 9.97 Å². The highest BCUT2D eigenvalue weighted by Crippen LogP contribution is 2.40. The number of hydrogen-bond donors (Lipinski definition) is 0. The average Bonchev–Trinajstić information content (AvgIpc) is 3.51. The Balaban J connectivity index is 0.000000450. The Morgan fingerprint density at radius 3 is 1.67 bits per heavy atom. The minimum absolute atomic E-state index is 0.737. The lowest BCUT2D eigenvalue weighted by molar-refractivity contribution is 1.23. The third-order valence-electron chi connectivity index (χ3n) is 9.23. The van der Waals surface area contributed by atoms with Crippen LogP contribution < -0.4 is 0 Å². The molecule has 8 aromatic rings. The zero-order chi connectivity index (χ0) is 35.2. The van der Waals surface area contributed by atoms with E-state index in [0.717, 1.165) is 33.5 Å². The van der Waals surface area contributed by atoms with Crippen LogP contribution in [0.25, 0.3) is 72.0 Å². The molecule has 2 nitrogen and oxygen atoms in total. The molecule has 0 amide bonds. The van der Waals surface area contributed by atoms with E-state index in [1.54, 1.807) is 0 Å². The van der Waals surface area contributed by atoms with Gasteiger partial charge in [0.2, 0.25) is 0 Å². The molecule has 0 aliphatic heterocycles. The minimum Gasteiger partial charge on any atom is -0.227 e. The third-order valence-corrected chi connectivity index (χ3v) is 10.4. The molecule has 0 spiro atoms. The summed E-state index contributed by atoms with van der Waals surface area (Å²) in [6.07, 6.45) is 8.42. The summed E-state index contributed by atoms with van der Waals surface area (Å²) >= 11 is 1.81. The van der Waals surface area contributed by atoms with Gasteiger partial charge in [-0.25, -0.2) is 9.97 Å². The lowest BCUT2D eigenvalue weighted by atomic mass is 9.98. The highest BCUT2D eigenvalue weighted by molar-refractivity contribution is 7.20. The highest BCUT2D eigenvalue weighted by atomic mass is 32.1. The summed E-state index contributed by atoms with van der Waals surface area (Å²) in [5.74, 6) is 0.737. The van der Waals surface area contributed by atoms with Crippen LogP contribution in [0.4, 0.5) is 0 Å². The SMILES string of the molecule is C/C=C\C=C/c1c(C)sc2c1ccc1c(-c3ccccc3)nc(-c3ccc(-c4cccc(-c5ccccc5)c4)cc3)nc12.Cc1ccccc1C. The molecule has 0 bridgehead atoms. The molecule has 8 rings (SSSR count). The Bertz CT molecular complexity index is 2470. The van der Waals surface area contributed by atoms with Gasteiger partial charge in [-0.1, -0.05) is 158 Å². The Morgan fingerprint density at radius 2 is 1.04 bits per heavy atom. The molecule has 2 aromatic heterocycles. The van der Waals surface area contributed by atoms with Crippen molar-refractivity contribution in [3.63, 3.8) is 0 Å². The van der Waals surface area contributed by atoms with E-state index < -0.39 is 0 Å². The van der Waals surface area contributed by atoms with Crippen molar-refractivity contribution in [1.82, 2.24) is 9.97 Å². The topological polar surface area (TPSA) is 25.8 Å². The fourth-order valence-electron chi connectivity index (χ4n) is 6.28. The van der Waals surface area contributed by atoms with E-state index in [-0.39, 0.29) is 0 Å². The van der Waals surface area contributed by atoms with Crippen LogP contribution in [0.3, 0.4) is 0 Å². The van der Waals surface area contributed by atoms with Crippen LogP contribution in [0.1, 0.15) is 28.5 Å². The maximum Gasteiger partial charge on any atom is 0.160 e. The molecule has 0 radical (unpaired) electrons. The van der Waals surface area contributed by atoms with Crippen molar-refractivity contribution in [2.75, 3.05) is 0 Å². The van der Waals surface area contributed by atoms with E-state index in [0.29, 0.717) is 0 Å². The molecular formula is C48H40N2S.